The van der Waals surface area contributed by atoms with Crippen LogP contribution >= 0.6 is 0 Å². The number of ether oxygens (including phenoxy) is 1. The van der Waals surface area contributed by atoms with Crippen molar-refractivity contribution in [2.75, 3.05) is 26.2 Å². The van der Waals surface area contributed by atoms with E-state index in [0.717, 1.165) is 47.5 Å². The van der Waals surface area contributed by atoms with E-state index in [9.17, 15) is 5.26 Å². The molecule has 0 aliphatic rings. The second-order valence-electron chi connectivity index (χ2n) is 5.80. The van der Waals surface area contributed by atoms with E-state index in [-0.39, 0.29) is 0 Å². The summed E-state index contributed by atoms with van der Waals surface area (Å²) in [4.78, 5) is 9.68. The predicted molar refractivity (Wildman–Crippen MR) is 99.5 cm³/mol. The van der Waals surface area contributed by atoms with Gasteiger partial charge in [-0.1, -0.05) is 26.0 Å². The maximum Gasteiger partial charge on any atom is 0.139 e. The topological polar surface area (TPSA) is 64.9 Å². The first-order chi connectivity index (χ1) is 12.3. The Labute approximate surface area is 147 Å². The third-order valence-corrected chi connectivity index (χ3v) is 4.41. The van der Waals surface area contributed by atoms with E-state index in [1.807, 2.05) is 30.3 Å². The minimum absolute atomic E-state index is 0.603. The Kier molecular flexibility index (Phi) is 5.32. The molecule has 1 N–H and O–H groups in total. The minimum atomic E-state index is 0.603. The zero-order valence-electron chi connectivity index (χ0n) is 14.6. The molecule has 128 valence electrons. The van der Waals surface area contributed by atoms with Crippen molar-refractivity contribution in [2.24, 2.45) is 0 Å². The number of hydrogen-bond donors (Lipinski definition) is 1. The van der Waals surface area contributed by atoms with E-state index in [4.69, 9.17) is 4.74 Å². The van der Waals surface area contributed by atoms with Gasteiger partial charge in [-0.15, -0.1) is 0 Å². The van der Waals surface area contributed by atoms with E-state index in [1.165, 1.54) is 0 Å². The van der Waals surface area contributed by atoms with Gasteiger partial charge in [0.2, 0.25) is 0 Å². The van der Waals surface area contributed by atoms with Gasteiger partial charge >= 0.3 is 0 Å². The zero-order chi connectivity index (χ0) is 17.6. The number of H-pyrrole nitrogens is 1. The number of nitriles is 1. The molecule has 2 aromatic heterocycles. The maximum absolute atomic E-state index is 9.34. The molecule has 0 radical (unpaired) electrons. The number of hydrogen-bond acceptors (Lipinski definition) is 4. The molecule has 0 amide bonds. The first-order valence-corrected chi connectivity index (χ1v) is 8.58. The largest absolute Gasteiger partial charge is 0.492 e. The molecule has 0 saturated heterocycles. The van der Waals surface area contributed by atoms with Gasteiger partial charge < -0.3 is 14.6 Å². The van der Waals surface area contributed by atoms with Gasteiger partial charge in [-0.25, -0.2) is 4.98 Å². The lowest BCUT2D eigenvalue weighted by molar-refractivity contribution is 0.223. The predicted octanol–water partition coefficient (Wildman–Crippen LogP) is 3.82. The van der Waals surface area contributed by atoms with Crippen LogP contribution in [0.25, 0.3) is 22.2 Å². The first kappa shape index (κ1) is 17.0. The van der Waals surface area contributed by atoms with Crippen LogP contribution in [0, 0.1) is 11.3 Å². The summed E-state index contributed by atoms with van der Waals surface area (Å²) in [5.41, 5.74) is 3.33. The molecule has 5 nitrogen and oxygen atoms in total. The molecule has 0 spiro atoms. The standard InChI is InChI=1S/C20H22N4O/c1-3-24(4-2)10-11-25-17-7-5-6-15(12-17)18-8-9-22-20-19(18)16(13-21)14-23-20/h5-9,12,14H,3-4,10-11H2,1-2H3,(H,22,23). The number of aromatic amines is 1. The Morgan fingerprint density at radius 1 is 1.24 bits per heavy atom. The highest BCUT2D eigenvalue weighted by Crippen LogP contribution is 2.31. The van der Waals surface area contributed by atoms with Crippen molar-refractivity contribution in [3.8, 4) is 22.9 Å². The monoisotopic (exact) mass is 334 g/mol. The fourth-order valence-electron chi connectivity index (χ4n) is 2.97. The summed E-state index contributed by atoms with van der Waals surface area (Å²) in [6.07, 6.45) is 3.45. The summed E-state index contributed by atoms with van der Waals surface area (Å²) in [6, 6.07) is 12.2. The second-order valence-corrected chi connectivity index (χ2v) is 5.80. The van der Waals surface area contributed by atoms with Crippen LogP contribution in [-0.4, -0.2) is 41.1 Å². The van der Waals surface area contributed by atoms with Gasteiger partial charge in [-0.3, -0.25) is 0 Å². The number of likely N-dealkylation sites (N-methyl/N-ethyl adjacent to an activating group) is 1. The molecular formula is C20H22N4O. The number of aromatic nitrogens is 2. The Balaban J connectivity index is 1.85. The lowest BCUT2D eigenvalue weighted by Gasteiger charge is -2.18. The molecule has 0 bridgehead atoms. The van der Waals surface area contributed by atoms with E-state index < -0.39 is 0 Å². The van der Waals surface area contributed by atoms with Crippen LogP contribution in [0.15, 0.2) is 42.7 Å². The van der Waals surface area contributed by atoms with Crippen molar-refractivity contribution in [3.63, 3.8) is 0 Å². The molecule has 2 heterocycles. The van der Waals surface area contributed by atoms with Crippen molar-refractivity contribution in [3.05, 3.63) is 48.3 Å². The van der Waals surface area contributed by atoms with Crippen LogP contribution < -0.4 is 4.74 Å². The van der Waals surface area contributed by atoms with Gasteiger partial charge in [0.1, 0.15) is 24.1 Å². The van der Waals surface area contributed by atoms with Crippen molar-refractivity contribution >= 4 is 11.0 Å². The van der Waals surface area contributed by atoms with Gasteiger partial charge in [-0.2, -0.15) is 5.26 Å². The van der Waals surface area contributed by atoms with Gasteiger partial charge in [-0.05, 0) is 42.4 Å². The van der Waals surface area contributed by atoms with Gasteiger partial charge in [0, 0.05) is 24.3 Å². The Hall–Kier alpha value is -2.84. The molecule has 0 aliphatic carbocycles. The Morgan fingerprint density at radius 3 is 2.84 bits per heavy atom. The van der Waals surface area contributed by atoms with Crippen molar-refractivity contribution in [1.29, 1.82) is 5.26 Å². The highest BCUT2D eigenvalue weighted by molar-refractivity contribution is 5.97. The van der Waals surface area contributed by atoms with Crippen molar-refractivity contribution in [1.82, 2.24) is 14.9 Å². The van der Waals surface area contributed by atoms with Gasteiger partial charge in [0.25, 0.3) is 0 Å². The average Bonchev–Trinajstić information content (AvgIpc) is 3.09. The normalized spacial score (nSPS) is 11.0. The minimum Gasteiger partial charge on any atom is -0.492 e. The summed E-state index contributed by atoms with van der Waals surface area (Å²) in [5, 5.41) is 10.2. The summed E-state index contributed by atoms with van der Waals surface area (Å²) in [6.45, 7) is 7.93. The van der Waals surface area contributed by atoms with Crippen LogP contribution in [0.4, 0.5) is 0 Å². The molecule has 0 unspecified atom stereocenters. The molecule has 0 fully saturated rings. The van der Waals surface area contributed by atoms with E-state index >= 15 is 0 Å². The van der Waals surface area contributed by atoms with E-state index in [1.54, 1.807) is 12.4 Å². The fraction of sp³-hybridized carbons (Fsp3) is 0.300. The van der Waals surface area contributed by atoms with Crippen LogP contribution in [0.2, 0.25) is 0 Å². The smallest absolute Gasteiger partial charge is 0.139 e. The summed E-state index contributed by atoms with van der Waals surface area (Å²) < 4.78 is 5.92. The lowest BCUT2D eigenvalue weighted by Crippen LogP contribution is -2.27. The Bertz CT molecular complexity index is 890. The number of nitrogens with zero attached hydrogens (tertiary/aromatic N) is 3. The second kappa shape index (κ2) is 7.82. The van der Waals surface area contributed by atoms with Crippen LogP contribution in [0.1, 0.15) is 19.4 Å². The summed E-state index contributed by atoms with van der Waals surface area (Å²) in [5.74, 6) is 0.837. The molecule has 0 aliphatic heterocycles. The highest BCUT2D eigenvalue weighted by Gasteiger charge is 2.11. The van der Waals surface area contributed by atoms with Gasteiger partial charge in [0.15, 0.2) is 0 Å². The number of benzene rings is 1. The molecule has 0 atom stereocenters. The van der Waals surface area contributed by atoms with Gasteiger partial charge in [0.05, 0.1) is 5.56 Å². The van der Waals surface area contributed by atoms with E-state index in [0.29, 0.717) is 12.2 Å². The van der Waals surface area contributed by atoms with Crippen LogP contribution in [0.3, 0.4) is 0 Å². The molecule has 25 heavy (non-hydrogen) atoms. The third-order valence-electron chi connectivity index (χ3n) is 4.41. The lowest BCUT2D eigenvalue weighted by atomic mass is 10.0. The summed E-state index contributed by atoms with van der Waals surface area (Å²) in [7, 11) is 0. The molecule has 3 rings (SSSR count). The SMILES string of the molecule is CCN(CC)CCOc1cccc(-c2ccnc3[nH]cc(C#N)c23)c1. The molecule has 3 aromatic rings. The molecule has 5 heteroatoms. The van der Waals surface area contributed by atoms with Crippen LogP contribution in [-0.2, 0) is 0 Å². The summed E-state index contributed by atoms with van der Waals surface area (Å²) >= 11 is 0. The maximum atomic E-state index is 9.34. The zero-order valence-corrected chi connectivity index (χ0v) is 14.6. The van der Waals surface area contributed by atoms with Crippen molar-refractivity contribution in [2.45, 2.75) is 13.8 Å². The quantitative estimate of drug-likeness (QED) is 0.713. The third kappa shape index (κ3) is 3.65. The van der Waals surface area contributed by atoms with E-state index in [2.05, 4.69) is 34.8 Å². The Morgan fingerprint density at radius 2 is 2.08 bits per heavy atom. The van der Waals surface area contributed by atoms with Crippen molar-refractivity contribution < 1.29 is 4.74 Å². The molecular weight excluding hydrogens is 312 g/mol. The number of pyridine rings is 1. The number of rotatable bonds is 7. The number of nitrogens with one attached hydrogen (secondary N) is 1. The molecule has 1 aromatic carbocycles. The van der Waals surface area contributed by atoms with Crippen LogP contribution in [0.5, 0.6) is 5.75 Å². The fourth-order valence-corrected chi connectivity index (χ4v) is 2.97. The average molecular weight is 334 g/mol. The molecule has 0 saturated carbocycles. The number of fused-ring (bicyclic) bond motifs is 1. The highest BCUT2D eigenvalue weighted by atomic mass is 16.5. The first-order valence-electron chi connectivity index (χ1n) is 8.58.